The second-order valence-corrected chi connectivity index (χ2v) is 9.04. The van der Waals surface area contributed by atoms with E-state index < -0.39 is 7.60 Å². The first-order valence-electron chi connectivity index (χ1n) is 7.44. The predicted molar refractivity (Wildman–Crippen MR) is 100 cm³/mol. The maximum absolute atomic E-state index is 13.3. The summed E-state index contributed by atoms with van der Waals surface area (Å²) in [6.45, 7) is 0. The molecule has 0 aliphatic carbocycles. The van der Waals surface area contributed by atoms with E-state index >= 15 is 0 Å². The van der Waals surface area contributed by atoms with Crippen LogP contribution >= 0.6 is 31.7 Å². The molecule has 134 valence electrons. The average molecular weight is 410 g/mol. The molecule has 0 bridgehead atoms. The van der Waals surface area contributed by atoms with E-state index in [4.69, 9.17) is 7.94 Å². The average Bonchev–Trinajstić information content (AvgIpc) is 2.68. The number of benzene rings is 3. The molecule has 0 fully saturated rings. The van der Waals surface area contributed by atoms with Crippen LogP contribution in [0.4, 0.5) is 8.78 Å². The molecule has 0 saturated carbocycles. The van der Waals surface area contributed by atoms with Crippen LogP contribution in [-0.2, 0) is 12.5 Å². The fraction of sp³-hybridized carbons (Fsp3) is 0. The highest BCUT2D eigenvalue weighted by Crippen LogP contribution is 2.55. The molecule has 3 nitrogen and oxygen atoms in total. The lowest BCUT2D eigenvalue weighted by Crippen LogP contribution is -2.05. The smallest absolute Gasteiger partial charge is 0.252 e. The predicted octanol–water partition coefficient (Wildman–Crippen LogP) is 6.23. The van der Waals surface area contributed by atoms with Crippen molar-refractivity contribution in [3.63, 3.8) is 0 Å². The van der Waals surface area contributed by atoms with Gasteiger partial charge >= 0.3 is 7.60 Å². The molecule has 0 spiro atoms. The topological polar surface area (TPSA) is 35.5 Å². The van der Waals surface area contributed by atoms with Gasteiger partial charge in [0.05, 0.1) is 5.30 Å². The van der Waals surface area contributed by atoms with Crippen LogP contribution in [-0.4, -0.2) is 0 Å². The summed E-state index contributed by atoms with van der Waals surface area (Å²) in [5.41, 5.74) is 0. The Hall–Kier alpha value is -1.63. The number of halogens is 2. The minimum atomic E-state index is -3.69. The lowest BCUT2D eigenvalue weighted by molar-refractivity contribution is 0.446. The molecule has 0 atom stereocenters. The van der Waals surface area contributed by atoms with Gasteiger partial charge in [0.25, 0.3) is 0 Å². The summed E-state index contributed by atoms with van der Waals surface area (Å²) in [6.07, 6.45) is 0. The van der Waals surface area contributed by atoms with Gasteiger partial charge in [-0.05, 0) is 60.7 Å². The maximum atomic E-state index is 13.3. The van der Waals surface area contributed by atoms with Crippen molar-refractivity contribution in [3.05, 3.63) is 90.5 Å². The first-order chi connectivity index (χ1) is 12.5. The normalized spacial score (nSPS) is 11.5. The van der Waals surface area contributed by atoms with Gasteiger partial charge in [-0.15, -0.1) is 0 Å². The quantitative estimate of drug-likeness (QED) is 0.341. The molecule has 3 aromatic rings. The van der Waals surface area contributed by atoms with Gasteiger partial charge in [0.1, 0.15) is 11.6 Å². The lowest BCUT2D eigenvalue weighted by Gasteiger charge is -2.16. The minimum absolute atomic E-state index is 0.372. The zero-order valence-corrected chi connectivity index (χ0v) is 15.8. The van der Waals surface area contributed by atoms with Crippen LogP contribution in [0.1, 0.15) is 0 Å². The molecule has 3 aromatic carbocycles. The minimum Gasteiger partial charge on any atom is -0.252 e. The third kappa shape index (κ3) is 5.19. The Morgan fingerprint density at radius 1 is 0.654 bits per heavy atom. The highest BCUT2D eigenvalue weighted by Gasteiger charge is 2.30. The fourth-order valence-electron chi connectivity index (χ4n) is 1.87. The van der Waals surface area contributed by atoms with Crippen molar-refractivity contribution in [1.29, 1.82) is 0 Å². The van der Waals surface area contributed by atoms with Gasteiger partial charge in [-0.3, -0.25) is 4.57 Å². The van der Waals surface area contributed by atoms with Crippen molar-refractivity contribution in [3.8, 4) is 0 Å². The SMILES string of the molecule is O=P(OSc1ccc(F)cc1)(OSc1ccc(F)cc1)c1ccccc1. The summed E-state index contributed by atoms with van der Waals surface area (Å²) < 4.78 is 50.3. The molecule has 3 rings (SSSR count). The van der Waals surface area contributed by atoms with E-state index in [1.165, 1.54) is 48.5 Å². The van der Waals surface area contributed by atoms with Crippen LogP contribution in [0, 0.1) is 11.6 Å². The molecule has 0 amide bonds. The summed E-state index contributed by atoms with van der Waals surface area (Å²) in [5.74, 6) is -0.743. The van der Waals surface area contributed by atoms with Crippen molar-refractivity contribution >= 4 is 37.0 Å². The van der Waals surface area contributed by atoms with Crippen LogP contribution < -0.4 is 5.30 Å². The third-order valence-electron chi connectivity index (χ3n) is 3.16. The van der Waals surface area contributed by atoms with Crippen LogP contribution in [0.25, 0.3) is 0 Å². The van der Waals surface area contributed by atoms with Crippen LogP contribution in [0.3, 0.4) is 0 Å². The molecule has 0 N–H and O–H groups in total. The van der Waals surface area contributed by atoms with E-state index in [-0.39, 0.29) is 11.6 Å². The number of rotatable bonds is 7. The number of hydrogen-bond donors (Lipinski definition) is 0. The molecular formula is C18H13F2O3PS2. The Morgan fingerprint density at radius 2 is 1.08 bits per heavy atom. The largest absolute Gasteiger partial charge is 0.384 e. The molecular weight excluding hydrogens is 397 g/mol. The summed E-state index contributed by atoms with van der Waals surface area (Å²) in [6, 6.07) is 19.7. The van der Waals surface area contributed by atoms with Crippen molar-refractivity contribution < 1.29 is 21.3 Å². The third-order valence-corrected chi connectivity index (χ3v) is 7.19. The number of hydrogen-bond acceptors (Lipinski definition) is 5. The zero-order valence-electron chi connectivity index (χ0n) is 13.2. The van der Waals surface area contributed by atoms with Gasteiger partial charge in [0.2, 0.25) is 0 Å². The van der Waals surface area contributed by atoms with Crippen LogP contribution in [0.15, 0.2) is 88.7 Å². The zero-order chi connectivity index (χ0) is 18.4. The molecule has 8 heteroatoms. The fourth-order valence-corrected chi connectivity index (χ4v) is 5.39. The van der Waals surface area contributed by atoms with Gasteiger partial charge in [0, 0.05) is 33.9 Å². The molecule has 0 unspecified atom stereocenters. The van der Waals surface area contributed by atoms with Crippen molar-refractivity contribution in [2.45, 2.75) is 9.79 Å². The second-order valence-electron chi connectivity index (χ2n) is 5.06. The Bertz CT molecular complexity index is 837. The first-order valence-corrected chi connectivity index (χ1v) is 10.5. The van der Waals surface area contributed by atoms with E-state index in [9.17, 15) is 13.3 Å². The van der Waals surface area contributed by atoms with Gasteiger partial charge < -0.3 is 0 Å². The second kappa shape index (κ2) is 8.84. The van der Waals surface area contributed by atoms with Gasteiger partial charge in [-0.2, -0.15) is 0 Å². The Balaban J connectivity index is 1.76. The summed E-state index contributed by atoms with van der Waals surface area (Å²) in [5, 5.41) is 0.379. The van der Waals surface area contributed by atoms with E-state index in [2.05, 4.69) is 0 Å². The van der Waals surface area contributed by atoms with Crippen LogP contribution in [0.5, 0.6) is 0 Å². The van der Waals surface area contributed by atoms with Gasteiger partial charge in [0.15, 0.2) is 0 Å². The van der Waals surface area contributed by atoms with E-state index in [1.54, 1.807) is 30.3 Å². The van der Waals surface area contributed by atoms with Gasteiger partial charge in [-0.25, -0.2) is 16.7 Å². The standard InChI is InChI=1S/C18H13F2O3PS2/c19-14-6-10-17(11-7-14)25-22-24(21,16-4-2-1-3-5-16)23-26-18-12-8-15(20)9-13-18/h1-13H. The molecule has 26 heavy (non-hydrogen) atoms. The van der Waals surface area contributed by atoms with Crippen LogP contribution in [0.2, 0.25) is 0 Å². The first kappa shape index (κ1) is 19.1. The van der Waals surface area contributed by atoms with Crippen molar-refractivity contribution in [2.75, 3.05) is 0 Å². The monoisotopic (exact) mass is 410 g/mol. The Morgan fingerprint density at radius 3 is 1.50 bits per heavy atom. The van der Waals surface area contributed by atoms with E-state index in [0.717, 1.165) is 24.1 Å². The molecule has 0 aliphatic rings. The molecule has 0 saturated heterocycles. The Labute approximate surface area is 158 Å². The highest BCUT2D eigenvalue weighted by molar-refractivity contribution is 8.02. The summed E-state index contributed by atoms with van der Waals surface area (Å²) in [4.78, 5) is 1.16. The Kier molecular flexibility index (Phi) is 6.51. The lowest BCUT2D eigenvalue weighted by atomic mass is 10.4. The van der Waals surface area contributed by atoms with Gasteiger partial charge in [-0.1, -0.05) is 18.2 Å². The molecule has 0 aliphatic heterocycles. The molecule has 0 heterocycles. The highest BCUT2D eigenvalue weighted by atomic mass is 32.2. The molecule has 0 aromatic heterocycles. The summed E-state index contributed by atoms with van der Waals surface area (Å²) >= 11 is 1.68. The summed E-state index contributed by atoms with van der Waals surface area (Å²) in [7, 11) is -3.69. The maximum Gasteiger partial charge on any atom is 0.384 e. The van der Waals surface area contributed by atoms with E-state index in [1.807, 2.05) is 0 Å². The van der Waals surface area contributed by atoms with E-state index in [0.29, 0.717) is 15.1 Å². The van der Waals surface area contributed by atoms with Crippen molar-refractivity contribution in [1.82, 2.24) is 0 Å². The molecule has 0 radical (unpaired) electrons. The van der Waals surface area contributed by atoms with Crippen molar-refractivity contribution in [2.24, 2.45) is 0 Å².